The van der Waals surface area contributed by atoms with Gasteiger partial charge in [0.25, 0.3) is 0 Å². The van der Waals surface area contributed by atoms with Crippen LogP contribution in [0.15, 0.2) is 12.4 Å². The van der Waals surface area contributed by atoms with E-state index in [-0.39, 0.29) is 17.3 Å². The fourth-order valence-electron chi connectivity index (χ4n) is 0.879. The average Bonchev–Trinajstić information content (AvgIpc) is 2.02. The van der Waals surface area contributed by atoms with Crippen LogP contribution in [-0.2, 0) is 0 Å². The van der Waals surface area contributed by atoms with Crippen LogP contribution in [0.5, 0.6) is 0 Å². The fourth-order valence-corrected chi connectivity index (χ4v) is 0.879. The van der Waals surface area contributed by atoms with E-state index in [1.807, 2.05) is 20.8 Å². The summed E-state index contributed by atoms with van der Waals surface area (Å²) in [4.78, 5) is 19.4. The molecule has 13 heavy (non-hydrogen) atoms. The standard InChI is InChI=1S/C9H13N3O/c1-9(2,3)7(13)6-8(10)12-5-4-11-6/h4-5H,1-3H3,(H2,10,12). The number of aromatic nitrogens is 2. The quantitative estimate of drug-likeness (QED) is 0.659. The van der Waals surface area contributed by atoms with Crippen molar-refractivity contribution in [3.63, 3.8) is 0 Å². The highest BCUT2D eigenvalue weighted by Crippen LogP contribution is 2.21. The topological polar surface area (TPSA) is 68.9 Å². The monoisotopic (exact) mass is 179 g/mol. The summed E-state index contributed by atoms with van der Waals surface area (Å²) in [5.41, 5.74) is 5.31. The van der Waals surface area contributed by atoms with Gasteiger partial charge in [0.15, 0.2) is 11.6 Å². The first kappa shape index (κ1) is 9.64. The Morgan fingerprint density at radius 1 is 1.31 bits per heavy atom. The molecule has 1 heterocycles. The van der Waals surface area contributed by atoms with E-state index in [9.17, 15) is 4.79 Å². The van der Waals surface area contributed by atoms with Crippen molar-refractivity contribution in [3.05, 3.63) is 18.1 Å². The number of carbonyl (C=O) groups is 1. The van der Waals surface area contributed by atoms with Gasteiger partial charge in [0.2, 0.25) is 0 Å². The maximum atomic E-state index is 11.7. The van der Waals surface area contributed by atoms with Gasteiger partial charge < -0.3 is 5.73 Å². The van der Waals surface area contributed by atoms with Crippen molar-refractivity contribution in [2.75, 3.05) is 5.73 Å². The molecule has 0 bridgehead atoms. The van der Waals surface area contributed by atoms with Gasteiger partial charge in [0.05, 0.1) is 0 Å². The lowest BCUT2D eigenvalue weighted by atomic mass is 9.89. The highest BCUT2D eigenvalue weighted by atomic mass is 16.1. The van der Waals surface area contributed by atoms with Gasteiger partial charge in [-0.15, -0.1) is 0 Å². The Morgan fingerprint density at radius 3 is 2.31 bits per heavy atom. The molecule has 70 valence electrons. The highest BCUT2D eigenvalue weighted by Gasteiger charge is 2.26. The Hall–Kier alpha value is -1.45. The van der Waals surface area contributed by atoms with Crippen LogP contribution in [0.25, 0.3) is 0 Å². The molecule has 0 aromatic carbocycles. The second-order valence-electron chi connectivity index (χ2n) is 3.87. The molecular formula is C9H13N3O. The molecule has 2 N–H and O–H groups in total. The maximum Gasteiger partial charge on any atom is 0.190 e. The third-order valence-corrected chi connectivity index (χ3v) is 1.62. The zero-order valence-corrected chi connectivity index (χ0v) is 8.03. The number of anilines is 1. The van der Waals surface area contributed by atoms with Gasteiger partial charge in [-0.3, -0.25) is 4.79 Å². The minimum Gasteiger partial charge on any atom is -0.382 e. The van der Waals surface area contributed by atoms with Gasteiger partial charge >= 0.3 is 0 Å². The van der Waals surface area contributed by atoms with Crippen LogP contribution < -0.4 is 5.73 Å². The summed E-state index contributed by atoms with van der Waals surface area (Å²) in [6.45, 7) is 5.47. The van der Waals surface area contributed by atoms with E-state index in [1.54, 1.807) is 0 Å². The number of Topliss-reactive ketones (excluding diaryl/α,β-unsaturated/α-hetero) is 1. The van der Waals surface area contributed by atoms with Gasteiger partial charge in [-0.25, -0.2) is 9.97 Å². The lowest BCUT2D eigenvalue weighted by molar-refractivity contribution is 0.0853. The summed E-state index contributed by atoms with van der Waals surface area (Å²) in [5, 5.41) is 0. The van der Waals surface area contributed by atoms with Gasteiger partial charge in [-0.1, -0.05) is 20.8 Å². The number of carbonyl (C=O) groups excluding carboxylic acids is 1. The van der Waals surface area contributed by atoms with Gasteiger partial charge in [-0.05, 0) is 0 Å². The predicted octanol–water partition coefficient (Wildman–Crippen LogP) is 1.29. The van der Waals surface area contributed by atoms with Crippen LogP contribution in [0.4, 0.5) is 5.82 Å². The molecule has 0 aliphatic rings. The number of nitrogen functional groups attached to an aromatic ring is 1. The first-order valence-corrected chi connectivity index (χ1v) is 4.04. The third-order valence-electron chi connectivity index (χ3n) is 1.62. The molecule has 1 aromatic rings. The van der Waals surface area contributed by atoms with Crippen LogP contribution in [0, 0.1) is 5.41 Å². The molecule has 0 spiro atoms. The number of nitrogens with zero attached hydrogens (tertiary/aromatic N) is 2. The van der Waals surface area contributed by atoms with Crippen molar-refractivity contribution in [2.24, 2.45) is 5.41 Å². The van der Waals surface area contributed by atoms with Gasteiger partial charge in [-0.2, -0.15) is 0 Å². The minimum absolute atomic E-state index is 0.0851. The Morgan fingerprint density at radius 2 is 1.85 bits per heavy atom. The highest BCUT2D eigenvalue weighted by molar-refractivity contribution is 6.01. The summed E-state index contributed by atoms with van der Waals surface area (Å²) in [6.07, 6.45) is 2.93. The zero-order valence-electron chi connectivity index (χ0n) is 8.03. The maximum absolute atomic E-state index is 11.7. The number of hydrogen-bond acceptors (Lipinski definition) is 4. The van der Waals surface area contributed by atoms with Crippen LogP contribution in [0.2, 0.25) is 0 Å². The zero-order chi connectivity index (χ0) is 10.1. The van der Waals surface area contributed by atoms with Crippen LogP contribution in [0.3, 0.4) is 0 Å². The number of nitrogens with two attached hydrogens (primary N) is 1. The predicted molar refractivity (Wildman–Crippen MR) is 50.2 cm³/mol. The van der Waals surface area contributed by atoms with Crippen LogP contribution in [0.1, 0.15) is 31.3 Å². The SMILES string of the molecule is CC(C)(C)C(=O)c1nccnc1N. The fraction of sp³-hybridized carbons (Fsp3) is 0.444. The summed E-state index contributed by atoms with van der Waals surface area (Å²) in [5.74, 6) is 0.112. The second kappa shape index (κ2) is 3.12. The average molecular weight is 179 g/mol. The molecule has 1 aromatic heterocycles. The smallest absolute Gasteiger partial charge is 0.190 e. The van der Waals surface area contributed by atoms with E-state index in [1.165, 1.54) is 12.4 Å². The summed E-state index contributed by atoms with van der Waals surface area (Å²) < 4.78 is 0. The Bertz CT molecular complexity index is 328. The molecule has 0 fully saturated rings. The molecule has 0 radical (unpaired) electrons. The summed E-state index contributed by atoms with van der Waals surface area (Å²) in [7, 11) is 0. The van der Waals surface area contributed by atoms with E-state index in [4.69, 9.17) is 5.73 Å². The van der Waals surface area contributed by atoms with E-state index >= 15 is 0 Å². The lowest BCUT2D eigenvalue weighted by Gasteiger charge is -2.15. The molecule has 0 saturated heterocycles. The molecule has 0 unspecified atom stereocenters. The first-order chi connectivity index (χ1) is 5.93. The molecule has 0 saturated carbocycles. The number of rotatable bonds is 1. The Balaban J connectivity index is 3.10. The second-order valence-corrected chi connectivity index (χ2v) is 3.87. The molecule has 0 amide bonds. The van der Waals surface area contributed by atoms with Crippen molar-refractivity contribution in [2.45, 2.75) is 20.8 Å². The van der Waals surface area contributed by atoms with Gasteiger partial charge in [0, 0.05) is 17.8 Å². The molecule has 0 aliphatic heterocycles. The van der Waals surface area contributed by atoms with E-state index in [0.29, 0.717) is 0 Å². The molecular weight excluding hydrogens is 166 g/mol. The lowest BCUT2D eigenvalue weighted by Crippen LogP contribution is -2.23. The van der Waals surface area contributed by atoms with Crippen LogP contribution >= 0.6 is 0 Å². The normalized spacial score (nSPS) is 11.3. The molecule has 0 atom stereocenters. The van der Waals surface area contributed by atoms with Crippen molar-refractivity contribution >= 4 is 11.6 Å². The minimum atomic E-state index is -0.468. The number of hydrogen-bond donors (Lipinski definition) is 1. The molecule has 0 aliphatic carbocycles. The van der Waals surface area contributed by atoms with Crippen molar-refractivity contribution in [3.8, 4) is 0 Å². The van der Waals surface area contributed by atoms with Crippen LogP contribution in [-0.4, -0.2) is 15.8 Å². The third kappa shape index (κ3) is 2.02. The Labute approximate surface area is 77.2 Å². The van der Waals surface area contributed by atoms with Crippen molar-refractivity contribution in [1.82, 2.24) is 9.97 Å². The van der Waals surface area contributed by atoms with E-state index in [2.05, 4.69) is 9.97 Å². The van der Waals surface area contributed by atoms with E-state index < -0.39 is 5.41 Å². The largest absolute Gasteiger partial charge is 0.382 e. The first-order valence-electron chi connectivity index (χ1n) is 4.04. The summed E-state index contributed by atoms with van der Waals surface area (Å²) in [6, 6.07) is 0. The molecule has 4 nitrogen and oxygen atoms in total. The van der Waals surface area contributed by atoms with Crippen molar-refractivity contribution in [1.29, 1.82) is 0 Å². The van der Waals surface area contributed by atoms with Gasteiger partial charge in [0.1, 0.15) is 5.69 Å². The van der Waals surface area contributed by atoms with Crippen molar-refractivity contribution < 1.29 is 4.79 Å². The summed E-state index contributed by atoms with van der Waals surface area (Å²) >= 11 is 0. The van der Waals surface area contributed by atoms with E-state index in [0.717, 1.165) is 0 Å². The molecule has 1 rings (SSSR count). The Kier molecular flexibility index (Phi) is 2.32. The molecule has 4 heteroatoms. The number of ketones is 1.